The molecule has 3 N–H and O–H groups in total. The molecule has 0 heterocycles. The maximum absolute atomic E-state index is 12.1. The van der Waals surface area contributed by atoms with Gasteiger partial charge in [0.2, 0.25) is 0 Å². The molecule has 0 unspecified atom stereocenters. The van der Waals surface area contributed by atoms with E-state index in [0.29, 0.717) is 19.3 Å². The molecule has 5 heteroatoms. The van der Waals surface area contributed by atoms with E-state index in [1.807, 2.05) is 12.2 Å². The maximum atomic E-state index is 12.1. The maximum Gasteiger partial charge on any atom is 0.303 e. The smallest absolute Gasteiger partial charge is 0.303 e. The second-order valence-electron chi connectivity index (χ2n) is 6.84. The number of carbonyl (C=O) groups excluding carboxylic acids is 1. The molecule has 5 nitrogen and oxygen atoms in total. The molecule has 0 saturated heterocycles. The number of rotatable bonds is 12. The molecule has 0 amide bonds. The van der Waals surface area contributed by atoms with Crippen LogP contribution in [0.4, 0.5) is 0 Å². The molecule has 4 atom stereocenters. The highest BCUT2D eigenvalue weighted by atomic mass is 16.4. The molecule has 1 aliphatic rings. The summed E-state index contributed by atoms with van der Waals surface area (Å²) >= 11 is 0. The van der Waals surface area contributed by atoms with Gasteiger partial charge >= 0.3 is 5.97 Å². The molecule has 150 valence electrons. The summed E-state index contributed by atoms with van der Waals surface area (Å²) in [4.78, 5) is 22.6. The van der Waals surface area contributed by atoms with Gasteiger partial charge in [-0.25, -0.2) is 0 Å². The predicted octanol–water partition coefficient (Wildman–Crippen LogP) is 3.58. The predicted molar refractivity (Wildman–Crippen MR) is 106 cm³/mol. The van der Waals surface area contributed by atoms with Crippen molar-refractivity contribution in [3.8, 4) is 0 Å². The SMILES string of the molecule is CC/C=C\C/C=C\C[C@H]1C(=O)C[C@@H](O)[C@H]1/C=C/[C@H](O)C/C=C\CCC(=O)O. The van der Waals surface area contributed by atoms with Crippen molar-refractivity contribution in [2.24, 2.45) is 11.8 Å². The molecule has 1 fully saturated rings. The average Bonchev–Trinajstić information content (AvgIpc) is 2.88. The number of hydrogen-bond acceptors (Lipinski definition) is 4. The lowest BCUT2D eigenvalue weighted by atomic mass is 9.90. The van der Waals surface area contributed by atoms with Crippen LogP contribution in [-0.4, -0.2) is 39.3 Å². The molecule has 0 aromatic rings. The number of aliphatic hydroxyl groups excluding tert-OH is 2. The van der Waals surface area contributed by atoms with Gasteiger partial charge in [0.25, 0.3) is 0 Å². The normalized spacial score (nSPS) is 24.9. The van der Waals surface area contributed by atoms with Crippen LogP contribution in [0, 0.1) is 11.8 Å². The Morgan fingerprint density at radius 2 is 1.93 bits per heavy atom. The van der Waals surface area contributed by atoms with Gasteiger partial charge in [0.1, 0.15) is 5.78 Å². The third kappa shape index (κ3) is 9.50. The Morgan fingerprint density at radius 3 is 2.63 bits per heavy atom. The lowest BCUT2D eigenvalue weighted by Gasteiger charge is -2.16. The molecule has 1 aliphatic carbocycles. The molecule has 0 aliphatic heterocycles. The van der Waals surface area contributed by atoms with E-state index >= 15 is 0 Å². The Kier molecular flexibility index (Phi) is 11.3. The third-order valence-electron chi connectivity index (χ3n) is 4.59. The monoisotopic (exact) mass is 376 g/mol. The number of carbonyl (C=O) groups is 2. The van der Waals surface area contributed by atoms with Gasteiger partial charge < -0.3 is 15.3 Å². The van der Waals surface area contributed by atoms with Crippen molar-refractivity contribution in [2.75, 3.05) is 0 Å². The number of aliphatic hydroxyl groups is 2. The minimum Gasteiger partial charge on any atom is -0.481 e. The molecular weight excluding hydrogens is 344 g/mol. The molecule has 0 spiro atoms. The fourth-order valence-electron chi connectivity index (χ4n) is 3.10. The van der Waals surface area contributed by atoms with E-state index in [2.05, 4.69) is 19.1 Å². The first-order valence-electron chi connectivity index (χ1n) is 9.69. The van der Waals surface area contributed by atoms with Crippen molar-refractivity contribution in [3.05, 3.63) is 48.6 Å². The van der Waals surface area contributed by atoms with Crippen molar-refractivity contribution < 1.29 is 24.9 Å². The molecular formula is C22H32O5. The van der Waals surface area contributed by atoms with Gasteiger partial charge in [0, 0.05) is 24.7 Å². The van der Waals surface area contributed by atoms with Crippen LogP contribution in [0.5, 0.6) is 0 Å². The summed E-state index contributed by atoms with van der Waals surface area (Å²) in [6, 6.07) is 0. The molecule has 1 rings (SSSR count). The van der Waals surface area contributed by atoms with Crippen LogP contribution in [0.25, 0.3) is 0 Å². The Morgan fingerprint density at radius 1 is 1.19 bits per heavy atom. The van der Waals surface area contributed by atoms with Gasteiger partial charge in [0.15, 0.2) is 0 Å². The van der Waals surface area contributed by atoms with Crippen molar-refractivity contribution in [1.82, 2.24) is 0 Å². The average molecular weight is 376 g/mol. The van der Waals surface area contributed by atoms with Crippen LogP contribution in [0.3, 0.4) is 0 Å². The third-order valence-corrected chi connectivity index (χ3v) is 4.59. The standard InChI is InChI=1S/C22H32O5/c1-2-3-4-5-6-9-12-18-19(21(25)16-20(18)24)15-14-17(23)11-8-7-10-13-22(26)27/h3-4,6-9,14-15,17-19,21,23,25H,2,5,10-13,16H2,1H3,(H,26,27)/b4-3-,8-7-,9-6-,15-14+/t17-,18-,19+,21-/m1/s1. The second-order valence-corrected chi connectivity index (χ2v) is 6.84. The van der Waals surface area contributed by atoms with Gasteiger partial charge in [-0.15, -0.1) is 0 Å². The molecule has 1 saturated carbocycles. The van der Waals surface area contributed by atoms with Crippen LogP contribution in [0.2, 0.25) is 0 Å². The molecule has 0 aromatic carbocycles. The summed E-state index contributed by atoms with van der Waals surface area (Å²) in [5, 5.41) is 28.7. The van der Waals surface area contributed by atoms with Crippen LogP contribution >= 0.6 is 0 Å². The number of Topliss-reactive ketones (excluding diaryl/α,β-unsaturated/α-hetero) is 1. The van der Waals surface area contributed by atoms with E-state index < -0.39 is 18.2 Å². The lowest BCUT2D eigenvalue weighted by molar-refractivity contribution is -0.136. The first kappa shape index (κ1) is 23.1. The van der Waals surface area contributed by atoms with E-state index in [1.165, 1.54) is 0 Å². The number of hydrogen-bond donors (Lipinski definition) is 3. The summed E-state index contributed by atoms with van der Waals surface area (Å²) in [6.07, 6.45) is 17.1. The number of allylic oxidation sites excluding steroid dienone is 5. The number of carboxylic acid groups (broad SMARTS) is 1. The number of carboxylic acids is 1. The van der Waals surface area contributed by atoms with Crippen molar-refractivity contribution in [3.63, 3.8) is 0 Å². The van der Waals surface area contributed by atoms with Gasteiger partial charge in [-0.2, -0.15) is 0 Å². The van der Waals surface area contributed by atoms with Crippen LogP contribution in [0.15, 0.2) is 48.6 Å². The van der Waals surface area contributed by atoms with E-state index in [4.69, 9.17) is 5.11 Å². The highest BCUT2D eigenvalue weighted by Gasteiger charge is 2.39. The van der Waals surface area contributed by atoms with Gasteiger partial charge in [-0.1, -0.05) is 55.5 Å². The summed E-state index contributed by atoms with van der Waals surface area (Å²) in [5.74, 6) is -1.31. The van der Waals surface area contributed by atoms with Crippen molar-refractivity contribution in [1.29, 1.82) is 0 Å². The quantitative estimate of drug-likeness (QED) is 0.453. The van der Waals surface area contributed by atoms with Gasteiger partial charge in [0.05, 0.1) is 12.2 Å². The fourth-order valence-corrected chi connectivity index (χ4v) is 3.10. The Labute approximate surface area is 161 Å². The van der Waals surface area contributed by atoms with E-state index in [1.54, 1.807) is 24.3 Å². The van der Waals surface area contributed by atoms with Crippen LogP contribution in [-0.2, 0) is 9.59 Å². The highest BCUT2D eigenvalue weighted by molar-refractivity contribution is 5.84. The lowest BCUT2D eigenvalue weighted by Crippen LogP contribution is -2.18. The van der Waals surface area contributed by atoms with E-state index in [9.17, 15) is 19.8 Å². The second kappa shape index (κ2) is 13.2. The van der Waals surface area contributed by atoms with Crippen LogP contribution in [0.1, 0.15) is 51.9 Å². The van der Waals surface area contributed by atoms with Gasteiger partial charge in [-0.05, 0) is 32.1 Å². The largest absolute Gasteiger partial charge is 0.481 e. The molecule has 0 bridgehead atoms. The number of aliphatic carboxylic acids is 1. The zero-order valence-electron chi connectivity index (χ0n) is 16.0. The fraction of sp³-hybridized carbons (Fsp3) is 0.545. The molecule has 27 heavy (non-hydrogen) atoms. The Hall–Kier alpha value is -1.98. The first-order valence-corrected chi connectivity index (χ1v) is 9.69. The Bertz CT molecular complexity index is 573. The molecule has 0 radical (unpaired) electrons. The first-order chi connectivity index (χ1) is 13.0. The zero-order valence-corrected chi connectivity index (χ0v) is 16.0. The minimum atomic E-state index is -0.846. The summed E-state index contributed by atoms with van der Waals surface area (Å²) in [6.45, 7) is 2.08. The van der Waals surface area contributed by atoms with Crippen molar-refractivity contribution in [2.45, 2.75) is 64.1 Å². The summed E-state index contributed by atoms with van der Waals surface area (Å²) < 4.78 is 0. The highest BCUT2D eigenvalue weighted by Crippen LogP contribution is 2.33. The topological polar surface area (TPSA) is 94.8 Å². The van der Waals surface area contributed by atoms with Crippen molar-refractivity contribution >= 4 is 11.8 Å². The van der Waals surface area contributed by atoms with Crippen LogP contribution < -0.4 is 0 Å². The van der Waals surface area contributed by atoms with E-state index in [0.717, 1.165) is 12.8 Å². The molecule has 0 aromatic heterocycles. The zero-order chi connectivity index (χ0) is 20.1. The summed E-state index contributed by atoms with van der Waals surface area (Å²) in [5.41, 5.74) is 0. The van der Waals surface area contributed by atoms with Gasteiger partial charge in [-0.3, -0.25) is 9.59 Å². The number of ketones is 1. The van der Waals surface area contributed by atoms with E-state index in [-0.39, 0.29) is 30.5 Å². The summed E-state index contributed by atoms with van der Waals surface area (Å²) in [7, 11) is 0. The minimum absolute atomic E-state index is 0.0638. The Balaban J connectivity index is 2.50.